The first kappa shape index (κ1) is 18.3. The normalized spacial score (nSPS) is 16.1. The van der Waals surface area contributed by atoms with Crippen LogP contribution in [0.1, 0.15) is 37.9 Å². The lowest BCUT2D eigenvalue weighted by Gasteiger charge is -2.22. The SMILES string of the molecule is O=c1[nH]cnc2nc(CC(CC3CCCC3)Oc3ccc(Cl)cc3Cl)[nH]c12. The summed E-state index contributed by atoms with van der Waals surface area (Å²) in [7, 11) is 0. The van der Waals surface area contributed by atoms with Crippen molar-refractivity contribution < 1.29 is 4.74 Å². The maximum absolute atomic E-state index is 11.9. The first-order valence-corrected chi connectivity index (χ1v) is 9.88. The Hall–Kier alpha value is -2.05. The number of hydrogen-bond acceptors (Lipinski definition) is 4. The van der Waals surface area contributed by atoms with Crippen molar-refractivity contribution in [3.8, 4) is 5.75 Å². The van der Waals surface area contributed by atoms with Crippen molar-refractivity contribution in [3.63, 3.8) is 0 Å². The Morgan fingerprint density at radius 3 is 2.81 bits per heavy atom. The number of rotatable bonds is 6. The number of halogens is 2. The molecule has 27 heavy (non-hydrogen) atoms. The molecule has 1 saturated carbocycles. The molecule has 1 fully saturated rings. The number of nitrogens with zero attached hydrogens (tertiary/aromatic N) is 2. The monoisotopic (exact) mass is 406 g/mol. The van der Waals surface area contributed by atoms with Gasteiger partial charge in [-0.15, -0.1) is 0 Å². The van der Waals surface area contributed by atoms with Gasteiger partial charge in [0.2, 0.25) is 0 Å². The van der Waals surface area contributed by atoms with E-state index < -0.39 is 0 Å². The number of aromatic amines is 2. The average molecular weight is 407 g/mol. The van der Waals surface area contributed by atoms with E-state index in [4.69, 9.17) is 27.9 Å². The van der Waals surface area contributed by atoms with Crippen molar-refractivity contribution >= 4 is 34.4 Å². The number of ether oxygens (including phenoxy) is 1. The van der Waals surface area contributed by atoms with Gasteiger partial charge in [-0.3, -0.25) is 4.79 Å². The van der Waals surface area contributed by atoms with E-state index in [1.807, 2.05) is 0 Å². The molecule has 1 aliphatic carbocycles. The van der Waals surface area contributed by atoms with Gasteiger partial charge < -0.3 is 14.7 Å². The predicted molar refractivity (Wildman–Crippen MR) is 106 cm³/mol. The molecule has 0 spiro atoms. The number of aromatic nitrogens is 4. The number of hydrogen-bond donors (Lipinski definition) is 2. The molecule has 8 heteroatoms. The van der Waals surface area contributed by atoms with Crippen LogP contribution in [0.2, 0.25) is 10.0 Å². The molecule has 1 atom stereocenters. The Labute approximate surface area is 166 Å². The first-order chi connectivity index (χ1) is 13.1. The molecule has 1 aromatic carbocycles. The predicted octanol–water partition coefficient (Wildman–Crippen LogP) is 4.52. The van der Waals surface area contributed by atoms with Gasteiger partial charge in [-0.05, 0) is 30.5 Å². The molecule has 0 bridgehead atoms. The highest BCUT2D eigenvalue weighted by Gasteiger charge is 2.24. The van der Waals surface area contributed by atoms with Crippen LogP contribution >= 0.6 is 23.2 Å². The van der Waals surface area contributed by atoms with Crippen molar-refractivity contribution in [1.29, 1.82) is 0 Å². The van der Waals surface area contributed by atoms with E-state index in [1.54, 1.807) is 18.2 Å². The van der Waals surface area contributed by atoms with Gasteiger partial charge in [0.1, 0.15) is 17.7 Å². The Morgan fingerprint density at radius 2 is 2.07 bits per heavy atom. The van der Waals surface area contributed by atoms with Crippen LogP contribution in [0.4, 0.5) is 0 Å². The fourth-order valence-corrected chi connectivity index (χ4v) is 4.19. The van der Waals surface area contributed by atoms with Crippen LogP contribution in [0.5, 0.6) is 5.75 Å². The van der Waals surface area contributed by atoms with Gasteiger partial charge in [0.25, 0.3) is 5.56 Å². The van der Waals surface area contributed by atoms with Crippen molar-refractivity contribution in [2.24, 2.45) is 5.92 Å². The highest BCUT2D eigenvalue weighted by Crippen LogP contribution is 2.33. The Kier molecular flexibility index (Phi) is 5.36. The third kappa shape index (κ3) is 4.28. The third-order valence-electron chi connectivity index (χ3n) is 5.02. The highest BCUT2D eigenvalue weighted by molar-refractivity contribution is 6.35. The molecule has 1 aliphatic rings. The number of imidazole rings is 1. The fraction of sp³-hybridized carbons (Fsp3) is 0.421. The second-order valence-corrected chi connectivity index (χ2v) is 7.86. The minimum Gasteiger partial charge on any atom is -0.488 e. The zero-order valence-electron chi connectivity index (χ0n) is 14.7. The lowest BCUT2D eigenvalue weighted by molar-refractivity contribution is 0.166. The van der Waals surface area contributed by atoms with Gasteiger partial charge >= 0.3 is 0 Å². The second-order valence-electron chi connectivity index (χ2n) is 7.02. The zero-order chi connectivity index (χ0) is 18.8. The summed E-state index contributed by atoms with van der Waals surface area (Å²) < 4.78 is 6.24. The van der Waals surface area contributed by atoms with E-state index in [0.717, 1.165) is 6.42 Å². The van der Waals surface area contributed by atoms with E-state index in [2.05, 4.69) is 19.9 Å². The maximum Gasteiger partial charge on any atom is 0.276 e. The Bertz CT molecular complexity index is 995. The van der Waals surface area contributed by atoms with E-state index in [-0.39, 0.29) is 11.7 Å². The van der Waals surface area contributed by atoms with E-state index >= 15 is 0 Å². The van der Waals surface area contributed by atoms with Crippen LogP contribution in [-0.2, 0) is 6.42 Å². The molecule has 4 rings (SSSR count). The molecule has 2 N–H and O–H groups in total. The summed E-state index contributed by atoms with van der Waals surface area (Å²) >= 11 is 12.3. The molecule has 0 saturated heterocycles. The van der Waals surface area contributed by atoms with E-state index in [9.17, 15) is 4.79 Å². The van der Waals surface area contributed by atoms with Crippen LogP contribution < -0.4 is 10.3 Å². The smallest absolute Gasteiger partial charge is 0.276 e. The summed E-state index contributed by atoms with van der Waals surface area (Å²) in [5.74, 6) is 1.92. The number of fused-ring (bicyclic) bond motifs is 1. The quantitative estimate of drug-likeness (QED) is 0.629. The van der Waals surface area contributed by atoms with Gasteiger partial charge in [0.05, 0.1) is 11.3 Å². The first-order valence-electron chi connectivity index (χ1n) is 9.12. The van der Waals surface area contributed by atoms with E-state index in [1.165, 1.54) is 32.0 Å². The van der Waals surface area contributed by atoms with E-state index in [0.29, 0.717) is 45.1 Å². The molecule has 1 unspecified atom stereocenters. The van der Waals surface area contributed by atoms with Gasteiger partial charge in [-0.25, -0.2) is 9.97 Å². The topological polar surface area (TPSA) is 83.7 Å². The molecule has 142 valence electrons. The summed E-state index contributed by atoms with van der Waals surface area (Å²) in [6.07, 6.45) is 7.68. The minimum absolute atomic E-state index is 0.105. The Morgan fingerprint density at radius 1 is 1.26 bits per heavy atom. The molecular weight excluding hydrogens is 387 g/mol. The van der Waals surface area contributed by atoms with Gasteiger partial charge in [0.15, 0.2) is 11.2 Å². The zero-order valence-corrected chi connectivity index (χ0v) is 16.2. The van der Waals surface area contributed by atoms with Gasteiger partial charge in [-0.1, -0.05) is 48.9 Å². The van der Waals surface area contributed by atoms with Crippen LogP contribution in [0, 0.1) is 5.92 Å². The molecule has 0 radical (unpaired) electrons. The van der Waals surface area contributed by atoms with Crippen molar-refractivity contribution in [2.45, 2.75) is 44.6 Å². The molecule has 0 amide bonds. The summed E-state index contributed by atoms with van der Waals surface area (Å²) in [6.45, 7) is 0. The number of nitrogens with one attached hydrogen (secondary N) is 2. The molecule has 2 heterocycles. The highest BCUT2D eigenvalue weighted by atomic mass is 35.5. The molecule has 2 aromatic heterocycles. The summed E-state index contributed by atoms with van der Waals surface area (Å²) in [6, 6.07) is 5.23. The fourth-order valence-electron chi connectivity index (χ4n) is 3.74. The summed E-state index contributed by atoms with van der Waals surface area (Å²) in [5, 5.41) is 1.06. The van der Waals surface area contributed by atoms with Crippen LogP contribution in [0.25, 0.3) is 11.2 Å². The second kappa shape index (κ2) is 7.90. The average Bonchev–Trinajstić information content (AvgIpc) is 3.27. The molecule has 6 nitrogen and oxygen atoms in total. The third-order valence-corrected chi connectivity index (χ3v) is 5.55. The van der Waals surface area contributed by atoms with Crippen molar-refractivity contribution in [2.75, 3.05) is 0 Å². The van der Waals surface area contributed by atoms with Crippen molar-refractivity contribution in [3.05, 3.63) is 50.7 Å². The van der Waals surface area contributed by atoms with Gasteiger partial charge in [0, 0.05) is 11.4 Å². The van der Waals surface area contributed by atoms with Crippen LogP contribution in [0.15, 0.2) is 29.3 Å². The number of benzene rings is 1. The molecule has 0 aliphatic heterocycles. The maximum atomic E-state index is 11.9. The lowest BCUT2D eigenvalue weighted by atomic mass is 9.98. The molecule has 3 aromatic rings. The minimum atomic E-state index is -0.229. The van der Waals surface area contributed by atoms with Crippen LogP contribution in [0.3, 0.4) is 0 Å². The molecular formula is C19H20Cl2N4O2. The van der Waals surface area contributed by atoms with Crippen molar-refractivity contribution in [1.82, 2.24) is 19.9 Å². The Balaban J connectivity index is 1.58. The lowest BCUT2D eigenvalue weighted by Crippen LogP contribution is -2.23. The summed E-state index contributed by atoms with van der Waals surface area (Å²) in [4.78, 5) is 26.1. The number of H-pyrrole nitrogens is 2. The largest absolute Gasteiger partial charge is 0.488 e. The standard InChI is InChI=1S/C19H20Cl2N4O2/c20-12-5-6-15(14(21)8-12)27-13(7-11-3-1-2-4-11)9-16-24-17-18(25-16)22-10-23-19(17)26/h5-6,8,10-11,13H,1-4,7,9H2,(H2,22,23,24,25,26). The van der Waals surface area contributed by atoms with Gasteiger partial charge in [-0.2, -0.15) is 0 Å². The van der Waals surface area contributed by atoms with Crippen LogP contribution in [-0.4, -0.2) is 26.0 Å². The summed E-state index contributed by atoms with van der Waals surface area (Å²) in [5.41, 5.74) is 0.572.